The monoisotopic (exact) mass is 235 g/mol. The normalized spacial score (nSPS) is 11.3. The quantitative estimate of drug-likeness (QED) is 0.842. The summed E-state index contributed by atoms with van der Waals surface area (Å²) >= 11 is 0. The molecule has 0 aliphatic carbocycles. The number of aromatic nitrogens is 4. The molecule has 0 aromatic carbocycles. The molecule has 0 saturated heterocycles. The van der Waals surface area contributed by atoms with Gasteiger partial charge in [-0.15, -0.1) is 0 Å². The van der Waals surface area contributed by atoms with Crippen LogP contribution < -0.4 is 5.32 Å². The van der Waals surface area contributed by atoms with E-state index in [2.05, 4.69) is 20.4 Å². The summed E-state index contributed by atoms with van der Waals surface area (Å²) in [6.07, 6.45) is 3.74. The van der Waals surface area contributed by atoms with E-state index in [1.807, 2.05) is 31.7 Å². The second-order valence-corrected chi connectivity index (χ2v) is 4.27. The van der Waals surface area contributed by atoms with Gasteiger partial charge in [0, 0.05) is 18.7 Å². The van der Waals surface area contributed by atoms with Crippen LogP contribution in [0.2, 0.25) is 0 Å². The van der Waals surface area contributed by atoms with Gasteiger partial charge in [0.2, 0.25) is 5.89 Å². The maximum absolute atomic E-state index is 5.17. The summed E-state index contributed by atoms with van der Waals surface area (Å²) in [6, 6.07) is 0. The molecule has 0 fully saturated rings. The molecule has 0 aliphatic heterocycles. The van der Waals surface area contributed by atoms with Crippen molar-refractivity contribution in [2.45, 2.75) is 32.9 Å². The summed E-state index contributed by atoms with van der Waals surface area (Å²) < 4.78 is 7.11. The van der Waals surface area contributed by atoms with E-state index >= 15 is 0 Å². The number of imidazole rings is 1. The zero-order valence-corrected chi connectivity index (χ0v) is 10.3. The molecule has 2 heterocycles. The molecule has 0 spiro atoms. The van der Waals surface area contributed by atoms with E-state index in [9.17, 15) is 0 Å². The van der Waals surface area contributed by atoms with Crippen molar-refractivity contribution in [3.05, 3.63) is 29.9 Å². The third-order valence-corrected chi connectivity index (χ3v) is 2.36. The van der Waals surface area contributed by atoms with E-state index in [1.54, 1.807) is 6.33 Å². The average molecular weight is 235 g/mol. The van der Waals surface area contributed by atoms with Crippen molar-refractivity contribution in [1.29, 1.82) is 0 Å². The van der Waals surface area contributed by atoms with E-state index in [-0.39, 0.29) is 5.92 Å². The van der Waals surface area contributed by atoms with Crippen LogP contribution in [0.25, 0.3) is 0 Å². The standard InChI is InChI=1S/C11H17N5O/c1-8(2)11-14-10(17-15-11)6-16-5-9(4-12-3)13-7-16/h5,7-8,12H,4,6H2,1-3H3. The highest BCUT2D eigenvalue weighted by atomic mass is 16.5. The SMILES string of the molecule is CNCc1cn(Cc2nc(C(C)C)no2)cn1. The summed E-state index contributed by atoms with van der Waals surface area (Å²) in [5, 5.41) is 6.98. The van der Waals surface area contributed by atoms with Crippen LogP contribution in [0, 0.1) is 0 Å². The van der Waals surface area contributed by atoms with Crippen LogP contribution >= 0.6 is 0 Å². The van der Waals surface area contributed by atoms with Crippen molar-refractivity contribution in [1.82, 2.24) is 25.0 Å². The van der Waals surface area contributed by atoms with Gasteiger partial charge < -0.3 is 14.4 Å². The summed E-state index contributed by atoms with van der Waals surface area (Å²) in [6.45, 7) is 5.40. The molecular formula is C11H17N5O. The molecule has 2 aromatic heterocycles. The van der Waals surface area contributed by atoms with Crippen molar-refractivity contribution >= 4 is 0 Å². The lowest BCUT2D eigenvalue weighted by Gasteiger charge is -1.95. The molecule has 92 valence electrons. The van der Waals surface area contributed by atoms with Crippen LogP contribution in [0.3, 0.4) is 0 Å². The first-order valence-electron chi connectivity index (χ1n) is 5.66. The number of rotatable bonds is 5. The fourth-order valence-corrected chi connectivity index (χ4v) is 1.49. The van der Waals surface area contributed by atoms with E-state index in [1.165, 1.54) is 0 Å². The Balaban J connectivity index is 2.03. The Morgan fingerprint density at radius 2 is 2.29 bits per heavy atom. The molecule has 0 amide bonds. The minimum absolute atomic E-state index is 0.287. The first-order valence-corrected chi connectivity index (χ1v) is 5.66. The Hall–Kier alpha value is -1.69. The van der Waals surface area contributed by atoms with Crippen molar-refractivity contribution in [2.75, 3.05) is 7.05 Å². The molecule has 6 nitrogen and oxygen atoms in total. The molecule has 0 bridgehead atoms. The van der Waals surface area contributed by atoms with Gasteiger partial charge in [-0.1, -0.05) is 19.0 Å². The Labute approximate surface area is 100 Å². The number of nitrogens with one attached hydrogen (secondary N) is 1. The van der Waals surface area contributed by atoms with Gasteiger partial charge in [0.05, 0.1) is 12.0 Å². The zero-order chi connectivity index (χ0) is 12.3. The summed E-state index contributed by atoms with van der Waals surface area (Å²) in [5.41, 5.74) is 0.996. The first-order chi connectivity index (χ1) is 8.19. The average Bonchev–Trinajstić information content (AvgIpc) is 2.89. The molecule has 1 N–H and O–H groups in total. The third kappa shape index (κ3) is 2.91. The van der Waals surface area contributed by atoms with Gasteiger partial charge in [-0.05, 0) is 7.05 Å². The van der Waals surface area contributed by atoms with E-state index in [0.717, 1.165) is 18.1 Å². The lowest BCUT2D eigenvalue weighted by molar-refractivity contribution is 0.364. The van der Waals surface area contributed by atoms with Crippen LogP contribution in [-0.4, -0.2) is 26.7 Å². The van der Waals surface area contributed by atoms with E-state index < -0.39 is 0 Å². The van der Waals surface area contributed by atoms with Gasteiger partial charge in [0.25, 0.3) is 0 Å². The molecule has 17 heavy (non-hydrogen) atoms. The van der Waals surface area contributed by atoms with Crippen LogP contribution in [0.1, 0.15) is 37.2 Å². The second-order valence-electron chi connectivity index (χ2n) is 4.27. The topological polar surface area (TPSA) is 68.8 Å². The minimum Gasteiger partial charge on any atom is -0.337 e. The molecule has 0 radical (unpaired) electrons. The number of nitrogens with zero attached hydrogens (tertiary/aromatic N) is 4. The molecule has 2 rings (SSSR count). The second kappa shape index (κ2) is 5.09. The van der Waals surface area contributed by atoms with Crippen molar-refractivity contribution in [3.8, 4) is 0 Å². The van der Waals surface area contributed by atoms with Gasteiger partial charge in [-0.2, -0.15) is 4.98 Å². The number of hydrogen-bond donors (Lipinski definition) is 1. The minimum atomic E-state index is 0.287. The molecule has 6 heteroatoms. The van der Waals surface area contributed by atoms with Crippen LogP contribution in [0.4, 0.5) is 0 Å². The lowest BCUT2D eigenvalue weighted by Crippen LogP contribution is -2.05. The summed E-state index contributed by atoms with van der Waals surface area (Å²) in [5.74, 6) is 1.65. The highest BCUT2D eigenvalue weighted by molar-refractivity contribution is 4.98. The lowest BCUT2D eigenvalue weighted by atomic mass is 10.2. The van der Waals surface area contributed by atoms with Crippen molar-refractivity contribution in [3.63, 3.8) is 0 Å². The van der Waals surface area contributed by atoms with Gasteiger partial charge >= 0.3 is 0 Å². The maximum Gasteiger partial charge on any atom is 0.246 e. The zero-order valence-electron chi connectivity index (χ0n) is 10.3. The fraction of sp³-hybridized carbons (Fsp3) is 0.545. The first kappa shape index (κ1) is 11.8. The van der Waals surface area contributed by atoms with Gasteiger partial charge in [0.15, 0.2) is 5.82 Å². The highest BCUT2D eigenvalue weighted by Gasteiger charge is 2.10. The Morgan fingerprint density at radius 1 is 1.47 bits per heavy atom. The third-order valence-electron chi connectivity index (χ3n) is 2.36. The van der Waals surface area contributed by atoms with Crippen molar-refractivity contribution < 1.29 is 4.52 Å². The summed E-state index contributed by atoms with van der Waals surface area (Å²) in [7, 11) is 1.89. The van der Waals surface area contributed by atoms with Gasteiger partial charge in [-0.25, -0.2) is 4.98 Å². The molecular weight excluding hydrogens is 218 g/mol. The fourth-order valence-electron chi connectivity index (χ4n) is 1.49. The van der Waals surface area contributed by atoms with E-state index in [4.69, 9.17) is 4.52 Å². The largest absolute Gasteiger partial charge is 0.337 e. The molecule has 0 saturated carbocycles. The predicted octanol–water partition coefficient (Wildman–Crippen LogP) is 1.16. The van der Waals surface area contributed by atoms with Crippen LogP contribution in [0.15, 0.2) is 17.0 Å². The van der Waals surface area contributed by atoms with Crippen molar-refractivity contribution in [2.24, 2.45) is 0 Å². The van der Waals surface area contributed by atoms with Crippen LogP contribution in [-0.2, 0) is 13.1 Å². The van der Waals surface area contributed by atoms with Gasteiger partial charge in [0.1, 0.15) is 6.54 Å². The van der Waals surface area contributed by atoms with Crippen LogP contribution in [0.5, 0.6) is 0 Å². The molecule has 0 aliphatic rings. The highest BCUT2D eigenvalue weighted by Crippen LogP contribution is 2.10. The van der Waals surface area contributed by atoms with Gasteiger partial charge in [-0.3, -0.25) is 0 Å². The smallest absolute Gasteiger partial charge is 0.246 e. The molecule has 0 unspecified atom stereocenters. The molecule has 0 atom stereocenters. The molecule has 2 aromatic rings. The maximum atomic E-state index is 5.17. The Morgan fingerprint density at radius 3 is 2.94 bits per heavy atom. The predicted molar refractivity (Wildman–Crippen MR) is 62.5 cm³/mol. The number of hydrogen-bond acceptors (Lipinski definition) is 5. The Kier molecular flexibility index (Phi) is 3.53. The Bertz CT molecular complexity index is 474. The summed E-state index contributed by atoms with van der Waals surface area (Å²) in [4.78, 5) is 8.57. The van der Waals surface area contributed by atoms with E-state index in [0.29, 0.717) is 12.4 Å².